The lowest BCUT2D eigenvalue weighted by molar-refractivity contribution is 0.432. The smallest absolute Gasteiger partial charge is 0.195 e. The maximum absolute atomic E-state index is 5.72. The van der Waals surface area contributed by atoms with Gasteiger partial charge < -0.3 is 10.3 Å². The maximum Gasteiger partial charge on any atom is 0.195 e. The van der Waals surface area contributed by atoms with Gasteiger partial charge in [0.2, 0.25) is 0 Å². The molecule has 0 atom stereocenters. The minimum Gasteiger partial charge on any atom is -0.393 e. The van der Waals surface area contributed by atoms with Crippen molar-refractivity contribution in [3.63, 3.8) is 0 Å². The first-order chi connectivity index (χ1) is 6.70. The van der Waals surface area contributed by atoms with Crippen LogP contribution in [0.5, 0.6) is 0 Å². The predicted octanol–water partition coefficient (Wildman–Crippen LogP) is 2.89. The maximum atomic E-state index is 5.72. The number of nitrogens with two attached hydrogens (primary N) is 1. The number of halogens is 1. The number of benzene rings is 1. The van der Waals surface area contributed by atoms with Crippen LogP contribution in [0.15, 0.2) is 28.8 Å². The summed E-state index contributed by atoms with van der Waals surface area (Å²) in [4.78, 5) is 0. The van der Waals surface area contributed by atoms with Gasteiger partial charge in [0.15, 0.2) is 10.9 Å². The summed E-state index contributed by atoms with van der Waals surface area (Å²) in [6, 6.07) is 7.76. The number of aryl methyl sites for hydroxylation is 1. The van der Waals surface area contributed by atoms with E-state index in [0.717, 1.165) is 11.1 Å². The van der Waals surface area contributed by atoms with Gasteiger partial charge in [-0.25, -0.2) is 0 Å². The Morgan fingerprint density at radius 2 is 2.07 bits per heavy atom. The van der Waals surface area contributed by atoms with E-state index in [9.17, 15) is 0 Å². The van der Waals surface area contributed by atoms with Crippen LogP contribution in [0.2, 0.25) is 5.15 Å². The second-order valence-electron chi connectivity index (χ2n) is 3.03. The highest BCUT2D eigenvalue weighted by Crippen LogP contribution is 2.32. The Hall–Kier alpha value is -1.48. The Kier molecular flexibility index (Phi) is 2.17. The highest BCUT2D eigenvalue weighted by molar-refractivity contribution is 6.32. The second kappa shape index (κ2) is 3.35. The lowest BCUT2D eigenvalue weighted by atomic mass is 10.1. The fraction of sp³-hybridized carbons (Fsp3) is 0.100. The van der Waals surface area contributed by atoms with Gasteiger partial charge in [0.25, 0.3) is 0 Å². The number of aromatic nitrogens is 1. The Morgan fingerprint density at radius 1 is 1.36 bits per heavy atom. The lowest BCUT2D eigenvalue weighted by Crippen LogP contribution is -1.87. The summed E-state index contributed by atoms with van der Waals surface area (Å²) in [6.07, 6.45) is 0. The first-order valence-electron chi connectivity index (χ1n) is 4.17. The van der Waals surface area contributed by atoms with Gasteiger partial charge >= 0.3 is 0 Å². The summed E-state index contributed by atoms with van der Waals surface area (Å²) in [7, 11) is 0. The van der Waals surface area contributed by atoms with E-state index in [-0.39, 0.29) is 5.15 Å². The lowest BCUT2D eigenvalue weighted by Gasteiger charge is -2.00. The number of rotatable bonds is 1. The van der Waals surface area contributed by atoms with Crippen LogP contribution in [0.3, 0.4) is 0 Å². The van der Waals surface area contributed by atoms with Crippen LogP contribution in [0.1, 0.15) is 5.56 Å². The molecule has 0 aliphatic heterocycles. The number of nitrogens with zero attached hydrogens (tertiary/aromatic N) is 1. The minimum absolute atomic E-state index is 0.211. The van der Waals surface area contributed by atoms with E-state index in [2.05, 4.69) is 5.16 Å². The summed E-state index contributed by atoms with van der Waals surface area (Å²) >= 11 is 5.70. The van der Waals surface area contributed by atoms with Gasteiger partial charge in [0.05, 0.1) is 0 Å². The Balaban J connectivity index is 2.60. The Bertz CT molecular complexity index is 465. The summed E-state index contributed by atoms with van der Waals surface area (Å²) in [5, 5.41) is 3.81. The SMILES string of the molecule is Cc1ccccc1-c1onc(Cl)c1N. The summed E-state index contributed by atoms with van der Waals surface area (Å²) in [6.45, 7) is 1.98. The van der Waals surface area contributed by atoms with Crippen molar-refractivity contribution in [2.45, 2.75) is 6.92 Å². The molecule has 0 fully saturated rings. The average Bonchev–Trinajstić information content (AvgIpc) is 2.49. The van der Waals surface area contributed by atoms with E-state index in [1.165, 1.54) is 0 Å². The molecule has 0 amide bonds. The van der Waals surface area contributed by atoms with Crippen molar-refractivity contribution in [1.82, 2.24) is 5.16 Å². The molecule has 1 aromatic carbocycles. The monoisotopic (exact) mass is 208 g/mol. The predicted molar refractivity (Wildman–Crippen MR) is 56.1 cm³/mol. The molecule has 3 nitrogen and oxygen atoms in total. The minimum atomic E-state index is 0.211. The van der Waals surface area contributed by atoms with Crippen LogP contribution in [-0.4, -0.2) is 5.16 Å². The van der Waals surface area contributed by atoms with Crippen molar-refractivity contribution in [1.29, 1.82) is 0 Å². The first kappa shape index (κ1) is 9.09. The number of hydrogen-bond acceptors (Lipinski definition) is 3. The molecule has 0 spiro atoms. The molecule has 0 aliphatic carbocycles. The molecule has 14 heavy (non-hydrogen) atoms. The number of nitrogen functional groups attached to an aromatic ring is 1. The first-order valence-corrected chi connectivity index (χ1v) is 4.54. The highest BCUT2D eigenvalue weighted by atomic mass is 35.5. The number of anilines is 1. The third-order valence-corrected chi connectivity index (χ3v) is 2.35. The average molecular weight is 209 g/mol. The normalized spacial score (nSPS) is 10.4. The third-order valence-electron chi connectivity index (χ3n) is 2.07. The van der Waals surface area contributed by atoms with E-state index in [1.54, 1.807) is 0 Å². The Morgan fingerprint density at radius 3 is 2.64 bits per heavy atom. The fourth-order valence-corrected chi connectivity index (χ4v) is 1.42. The van der Waals surface area contributed by atoms with Gasteiger partial charge in [0.1, 0.15) is 5.69 Å². The molecular weight excluding hydrogens is 200 g/mol. The fourth-order valence-electron chi connectivity index (χ4n) is 1.30. The summed E-state index contributed by atoms with van der Waals surface area (Å²) < 4.78 is 5.06. The molecule has 0 aliphatic rings. The summed E-state index contributed by atoms with van der Waals surface area (Å²) in [5.41, 5.74) is 8.10. The van der Waals surface area contributed by atoms with Crippen molar-refractivity contribution >= 4 is 17.3 Å². The number of hydrogen-bond donors (Lipinski definition) is 1. The van der Waals surface area contributed by atoms with Gasteiger partial charge in [0, 0.05) is 5.56 Å². The molecule has 0 saturated heterocycles. The van der Waals surface area contributed by atoms with Gasteiger partial charge in [-0.1, -0.05) is 41.0 Å². The van der Waals surface area contributed by atoms with Crippen LogP contribution < -0.4 is 5.73 Å². The largest absolute Gasteiger partial charge is 0.393 e. The topological polar surface area (TPSA) is 52.0 Å². The third kappa shape index (κ3) is 1.36. The van der Waals surface area contributed by atoms with Gasteiger partial charge in [-0.3, -0.25) is 0 Å². The zero-order valence-corrected chi connectivity index (χ0v) is 8.38. The molecule has 1 aromatic heterocycles. The molecule has 0 bridgehead atoms. The molecule has 72 valence electrons. The molecule has 2 rings (SSSR count). The van der Waals surface area contributed by atoms with Gasteiger partial charge in [-0.05, 0) is 12.5 Å². The van der Waals surface area contributed by atoms with Crippen LogP contribution in [0.4, 0.5) is 5.69 Å². The molecule has 0 radical (unpaired) electrons. The molecule has 2 aromatic rings. The quantitative estimate of drug-likeness (QED) is 0.784. The van der Waals surface area contributed by atoms with Crippen molar-refractivity contribution < 1.29 is 4.52 Å². The van der Waals surface area contributed by atoms with E-state index < -0.39 is 0 Å². The van der Waals surface area contributed by atoms with Crippen LogP contribution >= 0.6 is 11.6 Å². The molecule has 0 saturated carbocycles. The van der Waals surface area contributed by atoms with E-state index in [1.807, 2.05) is 31.2 Å². The Labute approximate surface area is 86.5 Å². The van der Waals surface area contributed by atoms with Gasteiger partial charge in [-0.2, -0.15) is 0 Å². The van der Waals surface area contributed by atoms with E-state index in [0.29, 0.717) is 11.4 Å². The van der Waals surface area contributed by atoms with Gasteiger partial charge in [-0.15, -0.1) is 0 Å². The highest BCUT2D eigenvalue weighted by Gasteiger charge is 2.14. The van der Waals surface area contributed by atoms with E-state index in [4.69, 9.17) is 21.9 Å². The van der Waals surface area contributed by atoms with Crippen molar-refractivity contribution in [3.05, 3.63) is 35.0 Å². The van der Waals surface area contributed by atoms with Crippen molar-refractivity contribution in [2.24, 2.45) is 0 Å². The molecular formula is C10H9ClN2O. The molecule has 2 N–H and O–H groups in total. The molecule has 0 unspecified atom stereocenters. The van der Waals surface area contributed by atoms with Crippen molar-refractivity contribution in [3.8, 4) is 11.3 Å². The molecule has 4 heteroatoms. The van der Waals surface area contributed by atoms with Crippen molar-refractivity contribution in [2.75, 3.05) is 5.73 Å². The molecule has 1 heterocycles. The second-order valence-corrected chi connectivity index (χ2v) is 3.39. The van der Waals surface area contributed by atoms with Crippen LogP contribution in [-0.2, 0) is 0 Å². The zero-order chi connectivity index (χ0) is 10.1. The zero-order valence-electron chi connectivity index (χ0n) is 7.62. The van der Waals surface area contributed by atoms with Crippen LogP contribution in [0.25, 0.3) is 11.3 Å². The van der Waals surface area contributed by atoms with E-state index >= 15 is 0 Å². The standard InChI is InChI=1S/C10H9ClN2O/c1-6-4-2-3-5-7(6)9-8(12)10(11)13-14-9/h2-5H,12H2,1H3. The summed E-state index contributed by atoms with van der Waals surface area (Å²) in [5.74, 6) is 0.535. The van der Waals surface area contributed by atoms with Crippen LogP contribution in [0, 0.1) is 6.92 Å².